The van der Waals surface area contributed by atoms with Crippen molar-refractivity contribution < 1.29 is 5.11 Å². The van der Waals surface area contributed by atoms with Gasteiger partial charge in [-0.2, -0.15) is 0 Å². The van der Waals surface area contributed by atoms with E-state index >= 15 is 0 Å². The van der Waals surface area contributed by atoms with Crippen LogP contribution in [0.25, 0.3) is 16.9 Å². The Kier molecular flexibility index (Phi) is 3.22. The Hall–Kier alpha value is -2.24. The first-order valence-corrected chi connectivity index (χ1v) is 6.32. The van der Waals surface area contributed by atoms with E-state index in [-0.39, 0.29) is 12.4 Å². The Morgan fingerprint density at radius 3 is 2.65 bits per heavy atom. The quantitative estimate of drug-likeness (QED) is 0.749. The van der Waals surface area contributed by atoms with Gasteiger partial charge in [0.2, 0.25) is 5.82 Å². The lowest BCUT2D eigenvalue weighted by Gasteiger charge is -1.98. The van der Waals surface area contributed by atoms with Crippen LogP contribution in [0.15, 0.2) is 47.8 Å². The lowest BCUT2D eigenvalue weighted by molar-refractivity contribution is 0.282. The monoisotopic (exact) mass is 287 g/mol. The molecule has 0 fully saturated rings. The third-order valence-electron chi connectivity index (χ3n) is 3.05. The number of hydrogen-bond donors (Lipinski definition) is 1. The van der Waals surface area contributed by atoms with Gasteiger partial charge >= 0.3 is 0 Å². The number of nitroso groups, excluding NO2 is 1. The molecule has 0 aliphatic carbocycles. The van der Waals surface area contributed by atoms with E-state index in [0.717, 1.165) is 11.1 Å². The molecule has 3 rings (SSSR count). The number of benzene rings is 1. The summed E-state index contributed by atoms with van der Waals surface area (Å²) < 4.78 is 1.59. The maximum Gasteiger partial charge on any atom is 0.209 e. The third-order valence-corrected chi connectivity index (χ3v) is 3.30. The summed E-state index contributed by atoms with van der Waals surface area (Å²) in [5.41, 5.74) is 2.55. The zero-order valence-electron chi connectivity index (χ0n) is 10.3. The molecular formula is C14H10ClN3O2. The lowest BCUT2D eigenvalue weighted by Crippen LogP contribution is -1.88. The second-order valence-electron chi connectivity index (χ2n) is 4.30. The molecule has 0 saturated heterocycles. The van der Waals surface area contributed by atoms with E-state index < -0.39 is 0 Å². The largest absolute Gasteiger partial charge is 0.392 e. The summed E-state index contributed by atoms with van der Waals surface area (Å²) >= 11 is 5.85. The Morgan fingerprint density at radius 2 is 2.00 bits per heavy atom. The second-order valence-corrected chi connectivity index (χ2v) is 4.74. The minimum absolute atomic E-state index is 0.0799. The number of rotatable bonds is 3. The SMILES string of the molecule is O=Nc1c(-c2ccc(Cl)cc2)nc2cc(CO)ccn12. The maximum absolute atomic E-state index is 11.1. The van der Waals surface area contributed by atoms with Gasteiger partial charge in [-0.15, -0.1) is 4.91 Å². The van der Waals surface area contributed by atoms with Crippen molar-refractivity contribution in [2.75, 3.05) is 0 Å². The van der Waals surface area contributed by atoms with Crippen molar-refractivity contribution in [3.63, 3.8) is 0 Å². The molecule has 2 heterocycles. The van der Waals surface area contributed by atoms with Crippen LogP contribution in [0, 0.1) is 4.91 Å². The van der Waals surface area contributed by atoms with Crippen LogP contribution >= 0.6 is 11.6 Å². The van der Waals surface area contributed by atoms with Crippen LogP contribution in [0.4, 0.5) is 5.82 Å². The fraction of sp³-hybridized carbons (Fsp3) is 0.0714. The Bertz CT molecular complexity index is 781. The molecule has 0 saturated carbocycles. The minimum atomic E-state index is -0.0799. The number of halogens is 1. The van der Waals surface area contributed by atoms with Crippen LogP contribution in [-0.4, -0.2) is 14.5 Å². The molecule has 100 valence electrons. The summed E-state index contributed by atoms with van der Waals surface area (Å²) in [5.74, 6) is 0.229. The molecule has 1 aromatic carbocycles. The topological polar surface area (TPSA) is 67.0 Å². The molecule has 0 atom stereocenters. The molecule has 1 N–H and O–H groups in total. The molecule has 20 heavy (non-hydrogen) atoms. The first-order chi connectivity index (χ1) is 9.72. The second kappa shape index (κ2) is 5.03. The summed E-state index contributed by atoms with van der Waals surface area (Å²) in [5, 5.41) is 12.8. The Balaban J connectivity index is 2.24. The highest BCUT2D eigenvalue weighted by Crippen LogP contribution is 2.31. The number of nitrogens with zero attached hydrogens (tertiary/aromatic N) is 3. The first kappa shape index (κ1) is 12.8. The van der Waals surface area contributed by atoms with E-state index in [1.54, 1.807) is 47.0 Å². The third kappa shape index (κ3) is 2.07. The number of hydrogen-bond acceptors (Lipinski definition) is 4. The molecule has 0 aliphatic heterocycles. The van der Waals surface area contributed by atoms with Crippen LogP contribution in [0.5, 0.6) is 0 Å². The van der Waals surface area contributed by atoms with E-state index in [2.05, 4.69) is 10.2 Å². The number of pyridine rings is 1. The summed E-state index contributed by atoms with van der Waals surface area (Å²) in [6.45, 7) is -0.0799. The summed E-state index contributed by atoms with van der Waals surface area (Å²) in [4.78, 5) is 15.5. The van der Waals surface area contributed by atoms with Crippen molar-refractivity contribution in [3.8, 4) is 11.3 Å². The van der Waals surface area contributed by atoms with Crippen LogP contribution < -0.4 is 0 Å². The normalized spacial score (nSPS) is 10.9. The Morgan fingerprint density at radius 1 is 1.25 bits per heavy atom. The van der Waals surface area contributed by atoms with Gasteiger partial charge in [0.25, 0.3) is 0 Å². The zero-order chi connectivity index (χ0) is 14.1. The average molecular weight is 288 g/mol. The van der Waals surface area contributed by atoms with Gasteiger partial charge in [0.15, 0.2) is 0 Å². The van der Waals surface area contributed by atoms with Crippen LogP contribution in [0.2, 0.25) is 5.02 Å². The smallest absolute Gasteiger partial charge is 0.209 e. The molecule has 2 aromatic heterocycles. The average Bonchev–Trinajstić information content (AvgIpc) is 2.85. The van der Waals surface area contributed by atoms with Crippen molar-refractivity contribution in [2.24, 2.45) is 5.18 Å². The van der Waals surface area contributed by atoms with E-state index in [1.165, 1.54) is 0 Å². The van der Waals surface area contributed by atoms with Gasteiger partial charge in [-0.1, -0.05) is 23.7 Å². The van der Waals surface area contributed by atoms with Gasteiger partial charge in [-0.3, -0.25) is 4.40 Å². The van der Waals surface area contributed by atoms with E-state index in [4.69, 9.17) is 16.7 Å². The molecule has 0 unspecified atom stereocenters. The van der Waals surface area contributed by atoms with Crippen LogP contribution in [0.1, 0.15) is 5.56 Å². The van der Waals surface area contributed by atoms with E-state index in [9.17, 15) is 4.91 Å². The van der Waals surface area contributed by atoms with Crippen LogP contribution in [-0.2, 0) is 6.61 Å². The number of aromatic nitrogens is 2. The molecule has 5 nitrogen and oxygen atoms in total. The molecule has 0 spiro atoms. The van der Waals surface area contributed by atoms with E-state index in [0.29, 0.717) is 16.4 Å². The number of aliphatic hydroxyl groups is 1. The minimum Gasteiger partial charge on any atom is -0.392 e. The zero-order valence-corrected chi connectivity index (χ0v) is 11.1. The van der Waals surface area contributed by atoms with Gasteiger partial charge in [0, 0.05) is 16.8 Å². The van der Waals surface area contributed by atoms with Gasteiger partial charge < -0.3 is 5.11 Å². The molecule has 0 aliphatic rings. The number of aliphatic hydroxyl groups excluding tert-OH is 1. The first-order valence-electron chi connectivity index (χ1n) is 5.94. The molecule has 3 aromatic rings. The molecule has 6 heteroatoms. The fourth-order valence-corrected chi connectivity index (χ4v) is 2.19. The van der Waals surface area contributed by atoms with Crippen molar-refractivity contribution in [1.82, 2.24) is 9.38 Å². The number of imidazole rings is 1. The standard InChI is InChI=1S/C14H10ClN3O2/c15-11-3-1-10(2-4-11)13-14(17-20)18-6-5-9(8-19)7-12(18)16-13/h1-7,19H,8H2. The summed E-state index contributed by atoms with van der Waals surface area (Å²) in [7, 11) is 0. The lowest BCUT2D eigenvalue weighted by atomic mass is 10.1. The summed E-state index contributed by atoms with van der Waals surface area (Å²) in [6, 6.07) is 10.5. The van der Waals surface area contributed by atoms with Gasteiger partial charge in [-0.05, 0) is 35.0 Å². The van der Waals surface area contributed by atoms with Crippen molar-refractivity contribution >= 4 is 23.1 Å². The predicted molar refractivity (Wildman–Crippen MR) is 77.0 cm³/mol. The van der Waals surface area contributed by atoms with Gasteiger partial charge in [0.1, 0.15) is 11.3 Å². The van der Waals surface area contributed by atoms with Gasteiger partial charge in [0.05, 0.1) is 6.61 Å². The van der Waals surface area contributed by atoms with Crippen LogP contribution in [0.3, 0.4) is 0 Å². The number of fused-ring (bicyclic) bond motifs is 1. The molecule has 0 amide bonds. The fourth-order valence-electron chi connectivity index (χ4n) is 2.06. The molecular weight excluding hydrogens is 278 g/mol. The Labute approximate surface area is 119 Å². The van der Waals surface area contributed by atoms with Crippen molar-refractivity contribution in [1.29, 1.82) is 0 Å². The van der Waals surface area contributed by atoms with Crippen molar-refractivity contribution in [3.05, 3.63) is 58.1 Å². The highest BCUT2D eigenvalue weighted by Gasteiger charge is 2.15. The molecule has 0 radical (unpaired) electrons. The van der Waals surface area contributed by atoms with E-state index in [1.807, 2.05) is 0 Å². The van der Waals surface area contributed by atoms with Crippen molar-refractivity contribution in [2.45, 2.75) is 6.61 Å². The maximum atomic E-state index is 11.1. The predicted octanol–water partition coefficient (Wildman–Crippen LogP) is 3.54. The highest BCUT2D eigenvalue weighted by molar-refractivity contribution is 6.30. The summed E-state index contributed by atoms with van der Waals surface area (Å²) in [6.07, 6.45) is 1.67. The van der Waals surface area contributed by atoms with Gasteiger partial charge in [-0.25, -0.2) is 4.98 Å². The molecule has 0 bridgehead atoms. The highest BCUT2D eigenvalue weighted by atomic mass is 35.5.